The Labute approximate surface area is 127 Å². The normalized spacial score (nSPS) is 10.3. The minimum absolute atomic E-state index is 0.753. The molecular weight excluding hydrogens is 258 g/mol. The van der Waals surface area contributed by atoms with Crippen LogP contribution in [0.25, 0.3) is 11.3 Å². The molecule has 2 rings (SSSR count). The van der Waals surface area contributed by atoms with Crippen molar-refractivity contribution in [3.05, 3.63) is 60.8 Å². The van der Waals surface area contributed by atoms with Crippen LogP contribution in [-0.2, 0) is 0 Å². The zero-order chi connectivity index (χ0) is 14.9. The lowest BCUT2D eigenvalue weighted by Crippen LogP contribution is -1.97. The van der Waals surface area contributed by atoms with Crippen molar-refractivity contribution >= 4 is 0 Å². The van der Waals surface area contributed by atoms with E-state index in [1.165, 1.54) is 18.4 Å². The zero-order valence-corrected chi connectivity index (χ0v) is 12.7. The lowest BCUT2D eigenvalue weighted by atomic mass is 10.1. The Balaban J connectivity index is 1.82. The van der Waals surface area contributed by atoms with E-state index < -0.39 is 0 Å². The number of aromatic nitrogens is 1. The Morgan fingerprint density at radius 2 is 1.86 bits per heavy atom. The standard InChI is InChI=1S/C19H23NO/c1-3-4-5-6-7-14-21-18-12-13-19(20-15-18)17-10-8-16(2)9-11-17/h3,8-13,15H,1,4-7,14H2,2H3. The first kappa shape index (κ1) is 15.3. The van der Waals surface area contributed by atoms with E-state index in [2.05, 4.69) is 42.8 Å². The molecule has 0 unspecified atom stereocenters. The minimum atomic E-state index is 0.753. The average molecular weight is 281 g/mol. The molecule has 0 amide bonds. The molecule has 0 bridgehead atoms. The number of hydrogen-bond donors (Lipinski definition) is 0. The van der Waals surface area contributed by atoms with Crippen molar-refractivity contribution in [2.24, 2.45) is 0 Å². The summed E-state index contributed by atoms with van der Waals surface area (Å²) in [6.07, 6.45) is 8.31. The number of pyridine rings is 1. The highest BCUT2D eigenvalue weighted by molar-refractivity contribution is 5.59. The fraction of sp³-hybridized carbons (Fsp3) is 0.316. The number of aryl methyl sites for hydroxylation is 1. The summed E-state index contributed by atoms with van der Waals surface area (Å²) < 4.78 is 5.71. The number of rotatable bonds is 8. The first-order valence-corrected chi connectivity index (χ1v) is 7.56. The summed E-state index contributed by atoms with van der Waals surface area (Å²) >= 11 is 0. The van der Waals surface area contributed by atoms with E-state index in [1.54, 1.807) is 6.20 Å². The van der Waals surface area contributed by atoms with Gasteiger partial charge in [0.05, 0.1) is 18.5 Å². The molecule has 0 saturated carbocycles. The second-order valence-electron chi connectivity index (χ2n) is 5.23. The average Bonchev–Trinajstić information content (AvgIpc) is 2.52. The predicted molar refractivity (Wildman–Crippen MR) is 88.6 cm³/mol. The summed E-state index contributed by atoms with van der Waals surface area (Å²) in [4.78, 5) is 4.47. The Kier molecular flexibility index (Phi) is 6.01. The summed E-state index contributed by atoms with van der Waals surface area (Å²) in [7, 11) is 0. The maximum atomic E-state index is 5.71. The highest BCUT2D eigenvalue weighted by atomic mass is 16.5. The monoisotopic (exact) mass is 281 g/mol. The summed E-state index contributed by atoms with van der Waals surface area (Å²) in [6.45, 7) is 6.56. The molecule has 0 N–H and O–H groups in total. The van der Waals surface area contributed by atoms with E-state index in [9.17, 15) is 0 Å². The zero-order valence-electron chi connectivity index (χ0n) is 12.7. The lowest BCUT2D eigenvalue weighted by molar-refractivity contribution is 0.304. The van der Waals surface area contributed by atoms with Crippen molar-refractivity contribution in [2.75, 3.05) is 6.61 Å². The SMILES string of the molecule is C=CCCCCCOc1ccc(-c2ccc(C)cc2)nc1. The van der Waals surface area contributed by atoms with Crippen LogP contribution in [0.5, 0.6) is 5.75 Å². The molecule has 1 heterocycles. The van der Waals surface area contributed by atoms with Gasteiger partial charge in [-0.3, -0.25) is 4.98 Å². The molecule has 0 saturated heterocycles. The molecule has 0 spiro atoms. The molecule has 0 radical (unpaired) electrons. The van der Waals surface area contributed by atoms with Gasteiger partial charge in [-0.25, -0.2) is 0 Å². The molecule has 21 heavy (non-hydrogen) atoms. The molecule has 1 aromatic carbocycles. The van der Waals surface area contributed by atoms with Crippen LogP contribution >= 0.6 is 0 Å². The van der Waals surface area contributed by atoms with Gasteiger partial charge in [-0.1, -0.05) is 35.9 Å². The fourth-order valence-electron chi connectivity index (χ4n) is 2.12. The maximum absolute atomic E-state index is 5.71. The molecule has 110 valence electrons. The van der Waals surface area contributed by atoms with Crippen LogP contribution in [0.3, 0.4) is 0 Å². The van der Waals surface area contributed by atoms with Crippen molar-refractivity contribution in [2.45, 2.75) is 32.6 Å². The van der Waals surface area contributed by atoms with Gasteiger partial charge in [-0.15, -0.1) is 6.58 Å². The van der Waals surface area contributed by atoms with Gasteiger partial charge in [0.25, 0.3) is 0 Å². The van der Waals surface area contributed by atoms with Crippen molar-refractivity contribution in [3.8, 4) is 17.0 Å². The van der Waals surface area contributed by atoms with E-state index in [0.29, 0.717) is 0 Å². The van der Waals surface area contributed by atoms with E-state index in [1.807, 2.05) is 18.2 Å². The third kappa shape index (κ3) is 5.07. The minimum Gasteiger partial charge on any atom is -0.492 e. The van der Waals surface area contributed by atoms with Crippen molar-refractivity contribution in [1.82, 2.24) is 4.98 Å². The van der Waals surface area contributed by atoms with Crippen LogP contribution in [-0.4, -0.2) is 11.6 Å². The summed E-state index contributed by atoms with van der Waals surface area (Å²) in [5.41, 5.74) is 3.38. The summed E-state index contributed by atoms with van der Waals surface area (Å²) in [5, 5.41) is 0. The third-order valence-corrected chi connectivity index (χ3v) is 3.40. The Hall–Kier alpha value is -2.09. The topological polar surface area (TPSA) is 22.1 Å². The molecule has 0 aliphatic rings. The third-order valence-electron chi connectivity index (χ3n) is 3.40. The Morgan fingerprint density at radius 1 is 1.05 bits per heavy atom. The predicted octanol–water partition coefficient (Wildman–Crippen LogP) is 5.18. The van der Waals surface area contributed by atoms with Crippen molar-refractivity contribution in [3.63, 3.8) is 0 Å². The number of nitrogens with zero attached hydrogens (tertiary/aromatic N) is 1. The number of benzene rings is 1. The van der Waals surface area contributed by atoms with Crippen LogP contribution < -0.4 is 4.74 Å². The molecular formula is C19H23NO. The first-order chi connectivity index (χ1) is 10.3. The molecule has 0 atom stereocenters. The van der Waals surface area contributed by atoms with Crippen LogP contribution in [0.4, 0.5) is 0 Å². The number of unbranched alkanes of at least 4 members (excludes halogenated alkanes) is 3. The molecule has 2 aromatic rings. The number of allylic oxidation sites excluding steroid dienone is 1. The maximum Gasteiger partial charge on any atom is 0.137 e. The van der Waals surface area contributed by atoms with E-state index in [4.69, 9.17) is 4.74 Å². The van der Waals surface area contributed by atoms with Crippen LogP contribution in [0.2, 0.25) is 0 Å². The molecule has 0 fully saturated rings. The quantitative estimate of drug-likeness (QED) is 0.491. The largest absolute Gasteiger partial charge is 0.492 e. The second kappa shape index (κ2) is 8.25. The van der Waals surface area contributed by atoms with Crippen LogP contribution in [0, 0.1) is 6.92 Å². The van der Waals surface area contributed by atoms with Gasteiger partial charge in [0.2, 0.25) is 0 Å². The van der Waals surface area contributed by atoms with E-state index in [-0.39, 0.29) is 0 Å². The fourth-order valence-corrected chi connectivity index (χ4v) is 2.12. The van der Waals surface area contributed by atoms with Crippen molar-refractivity contribution in [1.29, 1.82) is 0 Å². The first-order valence-electron chi connectivity index (χ1n) is 7.56. The highest BCUT2D eigenvalue weighted by Crippen LogP contribution is 2.20. The van der Waals surface area contributed by atoms with Crippen LogP contribution in [0.1, 0.15) is 31.2 Å². The van der Waals surface area contributed by atoms with Crippen molar-refractivity contribution < 1.29 is 4.74 Å². The van der Waals surface area contributed by atoms with Gasteiger partial charge in [-0.05, 0) is 44.7 Å². The molecule has 0 aliphatic carbocycles. The number of hydrogen-bond acceptors (Lipinski definition) is 2. The highest BCUT2D eigenvalue weighted by Gasteiger charge is 2.00. The lowest BCUT2D eigenvalue weighted by Gasteiger charge is -2.07. The van der Waals surface area contributed by atoms with Gasteiger partial charge in [0.15, 0.2) is 0 Å². The Bertz CT molecular complexity index is 543. The molecule has 1 aromatic heterocycles. The van der Waals surface area contributed by atoms with E-state index >= 15 is 0 Å². The van der Waals surface area contributed by atoms with Gasteiger partial charge in [0, 0.05) is 5.56 Å². The smallest absolute Gasteiger partial charge is 0.137 e. The van der Waals surface area contributed by atoms with E-state index in [0.717, 1.165) is 36.5 Å². The van der Waals surface area contributed by atoms with Gasteiger partial charge < -0.3 is 4.74 Å². The molecule has 2 nitrogen and oxygen atoms in total. The summed E-state index contributed by atoms with van der Waals surface area (Å²) in [5.74, 6) is 0.842. The number of ether oxygens (including phenoxy) is 1. The summed E-state index contributed by atoms with van der Waals surface area (Å²) in [6, 6.07) is 12.4. The Morgan fingerprint density at radius 3 is 2.52 bits per heavy atom. The van der Waals surface area contributed by atoms with Crippen LogP contribution in [0.15, 0.2) is 55.3 Å². The van der Waals surface area contributed by atoms with Gasteiger partial charge in [-0.2, -0.15) is 0 Å². The molecule has 0 aliphatic heterocycles. The molecule has 2 heteroatoms. The van der Waals surface area contributed by atoms with Gasteiger partial charge >= 0.3 is 0 Å². The second-order valence-corrected chi connectivity index (χ2v) is 5.23. The van der Waals surface area contributed by atoms with Gasteiger partial charge in [0.1, 0.15) is 5.75 Å².